The number of carbonyl (C=O) groups is 1. The highest BCUT2D eigenvalue weighted by Crippen LogP contribution is 2.33. The molecule has 2 aromatic rings. The van der Waals surface area contributed by atoms with Gasteiger partial charge in [-0.05, 0) is 64.3 Å². The topological polar surface area (TPSA) is 48.6 Å². The number of hydrogen-bond donors (Lipinski definition) is 1. The van der Waals surface area contributed by atoms with E-state index in [4.69, 9.17) is 4.74 Å². The minimum absolute atomic E-state index is 0.0496. The van der Waals surface area contributed by atoms with Gasteiger partial charge in [-0.3, -0.25) is 9.69 Å². The van der Waals surface area contributed by atoms with E-state index in [-0.39, 0.29) is 24.2 Å². The van der Waals surface area contributed by atoms with E-state index < -0.39 is 0 Å². The van der Waals surface area contributed by atoms with Crippen molar-refractivity contribution < 1.29 is 9.53 Å². The van der Waals surface area contributed by atoms with Gasteiger partial charge in [0, 0.05) is 30.2 Å². The van der Waals surface area contributed by atoms with Crippen LogP contribution in [0, 0.1) is 0 Å². The molecule has 146 valence electrons. The first-order chi connectivity index (χ1) is 13.0. The van der Waals surface area contributed by atoms with Crippen LogP contribution in [0.2, 0.25) is 0 Å². The van der Waals surface area contributed by atoms with Crippen molar-refractivity contribution in [2.75, 3.05) is 26.2 Å². The van der Waals surface area contributed by atoms with Crippen LogP contribution < -0.4 is 0 Å². The maximum atomic E-state index is 13.0. The zero-order chi connectivity index (χ0) is 19.0. The molecule has 3 heterocycles. The maximum absolute atomic E-state index is 13.0. The number of benzene rings is 1. The number of hydrogen-bond acceptors (Lipinski definition) is 3. The average Bonchev–Trinajstić information content (AvgIpc) is 3.10. The van der Waals surface area contributed by atoms with Crippen LogP contribution in [0.3, 0.4) is 0 Å². The second-order valence-corrected chi connectivity index (χ2v) is 8.28. The van der Waals surface area contributed by atoms with Crippen LogP contribution in [-0.4, -0.2) is 65.1 Å². The first-order valence-corrected chi connectivity index (χ1v) is 10.3. The monoisotopic (exact) mass is 369 g/mol. The maximum Gasteiger partial charge on any atom is 0.239 e. The molecule has 0 bridgehead atoms. The van der Waals surface area contributed by atoms with Crippen LogP contribution in [0.15, 0.2) is 30.5 Å². The quantitative estimate of drug-likeness (QED) is 0.902. The molecule has 5 heteroatoms. The molecule has 1 N–H and O–H groups in total. The zero-order valence-electron chi connectivity index (χ0n) is 16.6. The van der Waals surface area contributed by atoms with E-state index in [2.05, 4.69) is 47.3 Å². The molecule has 0 aliphatic carbocycles. The number of amides is 1. The van der Waals surface area contributed by atoms with Gasteiger partial charge in [0.2, 0.25) is 5.91 Å². The van der Waals surface area contributed by atoms with Crippen molar-refractivity contribution in [1.29, 1.82) is 0 Å². The smallest absolute Gasteiger partial charge is 0.239 e. The van der Waals surface area contributed by atoms with Gasteiger partial charge in [-0.15, -0.1) is 0 Å². The van der Waals surface area contributed by atoms with Gasteiger partial charge < -0.3 is 14.6 Å². The molecule has 0 radical (unpaired) electrons. The molecule has 0 spiro atoms. The minimum Gasteiger partial charge on any atom is -0.372 e. The van der Waals surface area contributed by atoms with Crippen LogP contribution in [0.4, 0.5) is 0 Å². The van der Waals surface area contributed by atoms with Crippen molar-refractivity contribution in [3.8, 4) is 0 Å². The van der Waals surface area contributed by atoms with E-state index >= 15 is 0 Å². The highest BCUT2D eigenvalue weighted by Gasteiger charge is 2.33. The molecule has 5 nitrogen and oxygen atoms in total. The number of ether oxygens (including phenoxy) is 1. The summed E-state index contributed by atoms with van der Waals surface area (Å²) >= 11 is 0. The Morgan fingerprint density at radius 2 is 1.81 bits per heavy atom. The number of rotatable bonds is 3. The van der Waals surface area contributed by atoms with Crippen molar-refractivity contribution in [3.63, 3.8) is 0 Å². The number of H-pyrrole nitrogens is 1. The molecule has 1 aromatic heterocycles. The van der Waals surface area contributed by atoms with Crippen LogP contribution in [0.5, 0.6) is 0 Å². The summed E-state index contributed by atoms with van der Waals surface area (Å²) in [6.07, 6.45) is 4.64. The Kier molecular flexibility index (Phi) is 5.24. The Hall–Kier alpha value is -1.85. The molecule has 1 aromatic carbocycles. The fourth-order valence-electron chi connectivity index (χ4n) is 4.81. The Bertz CT molecular complexity index is 784. The highest BCUT2D eigenvalue weighted by atomic mass is 16.5. The van der Waals surface area contributed by atoms with E-state index in [1.807, 2.05) is 18.7 Å². The number of nitrogens with one attached hydrogen (secondary N) is 1. The van der Waals surface area contributed by atoms with Crippen LogP contribution in [0.25, 0.3) is 10.9 Å². The number of carbonyl (C=O) groups excluding carboxylic acids is 1. The summed E-state index contributed by atoms with van der Waals surface area (Å²) < 4.78 is 5.77. The Balaban J connectivity index is 1.38. The molecule has 4 rings (SSSR count). The predicted octanol–water partition coefficient (Wildman–Crippen LogP) is 3.37. The molecule has 2 aliphatic heterocycles. The molecule has 3 atom stereocenters. The Labute approximate surface area is 161 Å². The average molecular weight is 370 g/mol. The van der Waals surface area contributed by atoms with Gasteiger partial charge in [-0.25, -0.2) is 0 Å². The summed E-state index contributed by atoms with van der Waals surface area (Å²) in [6.45, 7) is 9.54. The number of aromatic nitrogens is 1. The van der Waals surface area contributed by atoms with E-state index in [0.717, 1.165) is 25.9 Å². The third-order valence-electron chi connectivity index (χ3n) is 6.23. The number of piperidine rings is 1. The summed E-state index contributed by atoms with van der Waals surface area (Å²) in [4.78, 5) is 20.8. The number of nitrogens with zero attached hydrogens (tertiary/aromatic N) is 2. The van der Waals surface area contributed by atoms with Gasteiger partial charge in [0.15, 0.2) is 0 Å². The third-order valence-corrected chi connectivity index (χ3v) is 6.23. The number of aromatic amines is 1. The number of likely N-dealkylation sites (tertiary alicyclic amines) is 1. The second kappa shape index (κ2) is 7.64. The van der Waals surface area contributed by atoms with Crippen LogP contribution in [-0.2, 0) is 9.53 Å². The fraction of sp³-hybridized carbons (Fsp3) is 0.591. The highest BCUT2D eigenvalue weighted by molar-refractivity contribution is 5.84. The summed E-state index contributed by atoms with van der Waals surface area (Å²) in [6, 6.07) is 8.48. The van der Waals surface area contributed by atoms with E-state index in [1.165, 1.54) is 16.5 Å². The van der Waals surface area contributed by atoms with Crippen LogP contribution in [0.1, 0.15) is 45.1 Å². The van der Waals surface area contributed by atoms with E-state index in [9.17, 15) is 4.79 Å². The lowest BCUT2D eigenvalue weighted by Gasteiger charge is -2.40. The summed E-state index contributed by atoms with van der Waals surface area (Å²) in [5.74, 6) is 0.825. The standard InChI is InChI=1S/C22H31N3O2/c1-15-13-25(14-16(2)27-15)22(26)17(3)24-10-8-18(9-11-24)20-12-23-21-7-5-4-6-19(20)21/h4-7,12,15-18,23H,8-11,13-14H2,1-3H3/t15-,16-,17+/m1/s1. The first-order valence-electron chi connectivity index (χ1n) is 10.3. The van der Waals surface area contributed by atoms with Crippen molar-refractivity contribution in [3.05, 3.63) is 36.0 Å². The van der Waals surface area contributed by atoms with Crippen molar-refractivity contribution in [1.82, 2.24) is 14.8 Å². The largest absolute Gasteiger partial charge is 0.372 e. The third kappa shape index (κ3) is 3.76. The molecular weight excluding hydrogens is 338 g/mol. The van der Waals surface area contributed by atoms with E-state index in [0.29, 0.717) is 19.0 Å². The molecule has 2 saturated heterocycles. The predicted molar refractivity (Wildman–Crippen MR) is 108 cm³/mol. The van der Waals surface area contributed by atoms with Gasteiger partial charge in [-0.1, -0.05) is 18.2 Å². The minimum atomic E-state index is -0.0496. The summed E-state index contributed by atoms with van der Waals surface area (Å²) in [5, 5.41) is 1.34. The van der Waals surface area contributed by atoms with Gasteiger partial charge >= 0.3 is 0 Å². The summed E-state index contributed by atoms with van der Waals surface area (Å²) in [7, 11) is 0. The molecule has 1 amide bonds. The molecule has 27 heavy (non-hydrogen) atoms. The molecule has 0 saturated carbocycles. The lowest BCUT2D eigenvalue weighted by molar-refractivity contribution is -0.148. The lowest BCUT2D eigenvalue weighted by atomic mass is 9.88. The zero-order valence-corrected chi connectivity index (χ0v) is 16.6. The number of para-hydroxylation sites is 1. The van der Waals surface area contributed by atoms with Crippen LogP contribution >= 0.6 is 0 Å². The van der Waals surface area contributed by atoms with Gasteiger partial charge in [0.05, 0.1) is 18.2 Å². The summed E-state index contributed by atoms with van der Waals surface area (Å²) in [5.41, 5.74) is 2.65. The Morgan fingerprint density at radius 1 is 1.15 bits per heavy atom. The number of morpholine rings is 1. The number of fused-ring (bicyclic) bond motifs is 1. The van der Waals surface area contributed by atoms with Crippen molar-refractivity contribution in [2.45, 2.75) is 57.8 Å². The molecule has 0 unspecified atom stereocenters. The van der Waals surface area contributed by atoms with Gasteiger partial charge in [-0.2, -0.15) is 0 Å². The first kappa shape index (κ1) is 18.5. The van der Waals surface area contributed by atoms with E-state index in [1.54, 1.807) is 0 Å². The van der Waals surface area contributed by atoms with Gasteiger partial charge in [0.1, 0.15) is 0 Å². The SMILES string of the molecule is C[C@@H]1CN(C(=O)[C@H](C)N2CCC(c3c[nH]c4ccccc34)CC2)C[C@@H](C)O1. The Morgan fingerprint density at radius 3 is 2.52 bits per heavy atom. The molecule has 2 aliphatic rings. The second-order valence-electron chi connectivity index (χ2n) is 8.28. The normalized spacial score (nSPS) is 26.4. The molecular formula is C22H31N3O2. The fourth-order valence-corrected chi connectivity index (χ4v) is 4.81. The molecule has 2 fully saturated rings. The van der Waals surface area contributed by atoms with Gasteiger partial charge in [0.25, 0.3) is 0 Å². The van der Waals surface area contributed by atoms with Crippen molar-refractivity contribution >= 4 is 16.8 Å². The lowest BCUT2D eigenvalue weighted by Crippen LogP contribution is -2.55. The van der Waals surface area contributed by atoms with Crippen molar-refractivity contribution in [2.24, 2.45) is 0 Å².